The summed E-state index contributed by atoms with van der Waals surface area (Å²) in [7, 11) is 0. The third kappa shape index (κ3) is 2.59. The Labute approximate surface area is 86.1 Å². The Morgan fingerprint density at radius 1 is 1.47 bits per heavy atom. The van der Waals surface area contributed by atoms with Gasteiger partial charge in [0.15, 0.2) is 0 Å². The lowest BCUT2D eigenvalue weighted by Gasteiger charge is -2.08. The van der Waals surface area contributed by atoms with Crippen molar-refractivity contribution >= 4 is 6.29 Å². The Bertz CT molecular complexity index is 396. The third-order valence-corrected chi connectivity index (χ3v) is 2.07. The molecule has 2 nitrogen and oxygen atoms in total. The van der Waals surface area contributed by atoms with Gasteiger partial charge in [0.1, 0.15) is 6.29 Å². The van der Waals surface area contributed by atoms with Crippen molar-refractivity contribution in [1.29, 1.82) is 5.26 Å². The first kappa shape index (κ1) is 11.3. The van der Waals surface area contributed by atoms with Crippen molar-refractivity contribution in [3.8, 4) is 6.07 Å². The molecule has 1 aromatic carbocycles. The molecule has 0 unspecified atom stereocenters. The van der Waals surface area contributed by atoms with Crippen LogP contribution in [0.4, 0.5) is 8.78 Å². The second-order valence-electron chi connectivity index (χ2n) is 3.00. The summed E-state index contributed by atoms with van der Waals surface area (Å²) in [6, 6.07) is 6.14. The van der Waals surface area contributed by atoms with E-state index in [1.807, 2.05) is 0 Å². The van der Waals surface area contributed by atoms with E-state index < -0.39 is 6.43 Å². The topological polar surface area (TPSA) is 40.9 Å². The van der Waals surface area contributed by atoms with Gasteiger partial charge in [-0.25, -0.2) is 8.78 Å². The summed E-state index contributed by atoms with van der Waals surface area (Å²) in [6.45, 7) is 0. The molecule has 4 heteroatoms. The van der Waals surface area contributed by atoms with Gasteiger partial charge >= 0.3 is 0 Å². The van der Waals surface area contributed by atoms with E-state index in [0.717, 1.165) is 0 Å². The summed E-state index contributed by atoms with van der Waals surface area (Å²) in [5, 5.41) is 8.66. The van der Waals surface area contributed by atoms with E-state index in [-0.39, 0.29) is 24.0 Å². The molecule has 0 spiro atoms. The number of benzene rings is 1. The third-order valence-electron chi connectivity index (χ3n) is 2.07. The molecule has 0 aliphatic rings. The van der Waals surface area contributed by atoms with Gasteiger partial charge in [-0.3, -0.25) is 0 Å². The molecule has 0 bridgehead atoms. The van der Waals surface area contributed by atoms with Crippen molar-refractivity contribution < 1.29 is 13.6 Å². The highest BCUT2D eigenvalue weighted by Crippen LogP contribution is 2.27. The monoisotopic (exact) mass is 209 g/mol. The van der Waals surface area contributed by atoms with Crippen LogP contribution >= 0.6 is 0 Å². The van der Waals surface area contributed by atoms with E-state index in [9.17, 15) is 13.6 Å². The molecule has 0 aliphatic heterocycles. The Kier molecular flexibility index (Phi) is 3.92. The first-order valence-electron chi connectivity index (χ1n) is 4.44. The minimum absolute atomic E-state index is 0.0200. The summed E-state index contributed by atoms with van der Waals surface area (Å²) < 4.78 is 25.3. The van der Waals surface area contributed by atoms with Gasteiger partial charge in [-0.1, -0.05) is 12.1 Å². The fraction of sp³-hybridized carbons (Fsp3) is 0.273. The molecule has 0 saturated heterocycles. The lowest BCUT2D eigenvalue weighted by molar-refractivity contribution is -0.107. The Balaban J connectivity index is 3.14. The summed E-state index contributed by atoms with van der Waals surface area (Å²) >= 11 is 0. The standard InChI is InChI=1S/C11H9F2NO/c12-11(13)10-8(5-2-6-15)3-1-4-9(10)7-14/h1,3-4,6,11H,2,5H2. The number of alkyl halides is 2. The zero-order chi connectivity index (χ0) is 11.3. The van der Waals surface area contributed by atoms with E-state index in [1.165, 1.54) is 12.1 Å². The Hall–Kier alpha value is -1.76. The highest BCUT2D eigenvalue weighted by atomic mass is 19.3. The number of nitriles is 1. The number of aldehydes is 1. The van der Waals surface area contributed by atoms with Crippen LogP contribution in [-0.2, 0) is 11.2 Å². The normalized spacial score (nSPS) is 10.0. The molecule has 0 fully saturated rings. The van der Waals surface area contributed by atoms with E-state index >= 15 is 0 Å². The number of halogens is 2. The summed E-state index contributed by atoms with van der Waals surface area (Å²) in [5.41, 5.74) is 0.103. The van der Waals surface area contributed by atoms with Crippen LogP contribution < -0.4 is 0 Å². The maximum atomic E-state index is 12.7. The highest BCUT2D eigenvalue weighted by molar-refractivity contribution is 5.51. The van der Waals surface area contributed by atoms with E-state index in [2.05, 4.69) is 0 Å². The fourth-order valence-corrected chi connectivity index (χ4v) is 1.40. The average molecular weight is 209 g/mol. The average Bonchev–Trinajstić information content (AvgIpc) is 2.25. The van der Waals surface area contributed by atoms with Gasteiger partial charge in [0.05, 0.1) is 11.6 Å². The quantitative estimate of drug-likeness (QED) is 0.715. The number of rotatable bonds is 4. The minimum atomic E-state index is -2.68. The maximum Gasteiger partial charge on any atom is 0.265 e. The predicted molar refractivity (Wildman–Crippen MR) is 50.5 cm³/mol. The molecule has 15 heavy (non-hydrogen) atoms. The molecule has 0 heterocycles. The second-order valence-corrected chi connectivity index (χ2v) is 3.00. The van der Waals surface area contributed by atoms with Crippen LogP contribution in [0.2, 0.25) is 0 Å². The van der Waals surface area contributed by atoms with E-state index in [4.69, 9.17) is 5.26 Å². The zero-order valence-electron chi connectivity index (χ0n) is 7.91. The number of hydrogen-bond acceptors (Lipinski definition) is 2. The van der Waals surface area contributed by atoms with Crippen molar-refractivity contribution in [3.05, 3.63) is 34.9 Å². The van der Waals surface area contributed by atoms with Gasteiger partial charge in [-0.15, -0.1) is 0 Å². The van der Waals surface area contributed by atoms with Crippen molar-refractivity contribution in [3.63, 3.8) is 0 Å². The van der Waals surface area contributed by atoms with Crippen LogP contribution in [0.25, 0.3) is 0 Å². The first-order chi connectivity index (χ1) is 7.20. The predicted octanol–water partition coefficient (Wildman–Crippen LogP) is 2.63. The number of hydrogen-bond donors (Lipinski definition) is 0. The Morgan fingerprint density at radius 3 is 2.73 bits per heavy atom. The van der Waals surface area contributed by atoms with Gasteiger partial charge in [-0.05, 0) is 18.1 Å². The number of carbonyl (C=O) groups excluding carboxylic acids is 1. The summed E-state index contributed by atoms with van der Waals surface area (Å²) in [6.07, 6.45) is -1.57. The largest absolute Gasteiger partial charge is 0.303 e. The zero-order valence-corrected chi connectivity index (χ0v) is 7.91. The fourth-order valence-electron chi connectivity index (χ4n) is 1.40. The molecule has 0 radical (unpaired) electrons. The molecule has 0 saturated carbocycles. The summed E-state index contributed by atoms with van der Waals surface area (Å²) in [5.74, 6) is 0. The highest BCUT2D eigenvalue weighted by Gasteiger charge is 2.16. The van der Waals surface area contributed by atoms with Crippen molar-refractivity contribution in [2.24, 2.45) is 0 Å². The minimum Gasteiger partial charge on any atom is -0.303 e. The van der Waals surface area contributed by atoms with Gasteiger partial charge in [0.2, 0.25) is 0 Å². The van der Waals surface area contributed by atoms with Gasteiger partial charge < -0.3 is 4.79 Å². The van der Waals surface area contributed by atoms with Gasteiger partial charge in [0, 0.05) is 12.0 Å². The second kappa shape index (κ2) is 5.20. The summed E-state index contributed by atoms with van der Waals surface area (Å²) in [4.78, 5) is 10.2. The smallest absolute Gasteiger partial charge is 0.265 e. The van der Waals surface area contributed by atoms with Crippen LogP contribution in [0.15, 0.2) is 18.2 Å². The molecular formula is C11H9F2NO. The molecular weight excluding hydrogens is 200 g/mol. The first-order valence-corrected chi connectivity index (χ1v) is 4.44. The molecule has 0 aliphatic carbocycles. The number of nitrogens with zero attached hydrogens (tertiary/aromatic N) is 1. The SMILES string of the molecule is N#Cc1cccc(CCC=O)c1C(F)F. The van der Waals surface area contributed by atoms with Crippen molar-refractivity contribution in [1.82, 2.24) is 0 Å². The van der Waals surface area contributed by atoms with Crippen LogP contribution in [0, 0.1) is 11.3 Å². The van der Waals surface area contributed by atoms with Gasteiger partial charge in [-0.2, -0.15) is 5.26 Å². The van der Waals surface area contributed by atoms with Crippen LogP contribution in [-0.4, -0.2) is 6.29 Å². The lowest BCUT2D eigenvalue weighted by atomic mass is 9.99. The molecule has 1 aromatic rings. The molecule has 0 aromatic heterocycles. The molecule has 0 atom stereocenters. The molecule has 0 N–H and O–H groups in total. The molecule has 1 rings (SSSR count). The van der Waals surface area contributed by atoms with E-state index in [0.29, 0.717) is 11.8 Å². The molecule has 0 amide bonds. The maximum absolute atomic E-state index is 12.7. The van der Waals surface area contributed by atoms with Crippen molar-refractivity contribution in [2.45, 2.75) is 19.3 Å². The van der Waals surface area contributed by atoms with Crippen LogP contribution in [0.1, 0.15) is 29.5 Å². The van der Waals surface area contributed by atoms with E-state index in [1.54, 1.807) is 12.1 Å². The van der Waals surface area contributed by atoms with Crippen LogP contribution in [0.3, 0.4) is 0 Å². The van der Waals surface area contributed by atoms with Crippen molar-refractivity contribution in [2.75, 3.05) is 0 Å². The van der Waals surface area contributed by atoms with Gasteiger partial charge in [0.25, 0.3) is 6.43 Å². The number of carbonyl (C=O) groups is 1. The Morgan fingerprint density at radius 2 is 2.20 bits per heavy atom. The van der Waals surface area contributed by atoms with Crippen LogP contribution in [0.5, 0.6) is 0 Å². The lowest BCUT2D eigenvalue weighted by Crippen LogP contribution is -1.99. The number of aryl methyl sites for hydroxylation is 1. The molecule has 78 valence electrons.